The molecule has 2 N–H and O–H groups in total. The van der Waals surface area contributed by atoms with Crippen LogP contribution < -0.4 is 5.32 Å². The Hall–Kier alpha value is -1.62. The average molecular weight is 239 g/mol. The van der Waals surface area contributed by atoms with Crippen molar-refractivity contribution < 1.29 is 19.0 Å². The van der Waals surface area contributed by atoms with Gasteiger partial charge in [0.25, 0.3) is 0 Å². The molecule has 0 radical (unpaired) electrons. The lowest BCUT2D eigenvalue weighted by Gasteiger charge is -2.20. The maximum Gasteiger partial charge on any atom is 0.326 e. The fraction of sp³-hybridized carbons (Fsp3) is 0.417. The molecule has 2 atom stereocenters. The summed E-state index contributed by atoms with van der Waals surface area (Å²) in [4.78, 5) is 11.2. The summed E-state index contributed by atoms with van der Waals surface area (Å²) in [6.45, 7) is 1.01. The van der Waals surface area contributed by atoms with Gasteiger partial charge in [-0.25, -0.2) is 9.18 Å². The van der Waals surface area contributed by atoms with Gasteiger partial charge in [-0.05, 0) is 24.6 Å². The Morgan fingerprint density at radius 2 is 2.41 bits per heavy atom. The van der Waals surface area contributed by atoms with Gasteiger partial charge >= 0.3 is 5.97 Å². The molecule has 1 aromatic rings. The molecule has 0 spiro atoms. The summed E-state index contributed by atoms with van der Waals surface area (Å²) < 4.78 is 18.2. The van der Waals surface area contributed by atoms with Gasteiger partial charge in [0.1, 0.15) is 11.9 Å². The van der Waals surface area contributed by atoms with Gasteiger partial charge in [0.05, 0.1) is 6.61 Å². The van der Waals surface area contributed by atoms with Gasteiger partial charge in [0, 0.05) is 18.2 Å². The molecule has 2 rings (SSSR count). The van der Waals surface area contributed by atoms with Gasteiger partial charge in [-0.1, -0.05) is 6.07 Å². The van der Waals surface area contributed by atoms with E-state index in [0.717, 1.165) is 0 Å². The molecular weight excluding hydrogens is 225 g/mol. The molecule has 17 heavy (non-hydrogen) atoms. The minimum Gasteiger partial charge on any atom is -0.480 e. The van der Waals surface area contributed by atoms with Crippen molar-refractivity contribution in [3.63, 3.8) is 0 Å². The van der Waals surface area contributed by atoms with Gasteiger partial charge in [0.15, 0.2) is 0 Å². The van der Waals surface area contributed by atoms with Crippen LogP contribution in [0.2, 0.25) is 0 Å². The van der Waals surface area contributed by atoms with Crippen LogP contribution in [-0.4, -0.2) is 30.3 Å². The van der Waals surface area contributed by atoms with Crippen LogP contribution >= 0.6 is 0 Å². The molecule has 1 aromatic carbocycles. The lowest BCUT2D eigenvalue weighted by atomic mass is 9.99. The largest absolute Gasteiger partial charge is 0.480 e. The summed E-state index contributed by atoms with van der Waals surface area (Å²) in [6, 6.07) is 5.06. The number of halogens is 1. The fourth-order valence-corrected chi connectivity index (χ4v) is 1.95. The number of carbonyl (C=O) groups is 1. The molecule has 0 bridgehead atoms. The third-order valence-corrected chi connectivity index (χ3v) is 2.85. The van der Waals surface area contributed by atoms with E-state index in [9.17, 15) is 9.18 Å². The van der Waals surface area contributed by atoms with Gasteiger partial charge in [0.2, 0.25) is 0 Å². The molecule has 1 saturated heterocycles. The average Bonchev–Trinajstić information content (AvgIpc) is 2.78. The summed E-state index contributed by atoms with van der Waals surface area (Å²) in [5.41, 5.74) is 0.476. The highest BCUT2D eigenvalue weighted by atomic mass is 19.1. The SMILES string of the molecule is O=C(O)C(Nc1cccc(F)c1)C1CCOC1. The van der Waals surface area contributed by atoms with Gasteiger partial charge in [-0.3, -0.25) is 0 Å². The zero-order valence-electron chi connectivity index (χ0n) is 9.23. The van der Waals surface area contributed by atoms with Crippen LogP contribution in [0.4, 0.5) is 10.1 Å². The molecule has 0 aromatic heterocycles. The van der Waals surface area contributed by atoms with E-state index in [2.05, 4.69) is 5.32 Å². The molecule has 4 nitrogen and oxygen atoms in total. The molecule has 5 heteroatoms. The minimum absolute atomic E-state index is 0.0734. The number of hydrogen-bond acceptors (Lipinski definition) is 3. The molecule has 1 aliphatic rings. The Kier molecular flexibility index (Phi) is 3.58. The topological polar surface area (TPSA) is 58.6 Å². The first kappa shape index (κ1) is 11.9. The van der Waals surface area contributed by atoms with Crippen molar-refractivity contribution in [1.82, 2.24) is 0 Å². The first-order valence-corrected chi connectivity index (χ1v) is 5.49. The number of anilines is 1. The highest BCUT2D eigenvalue weighted by molar-refractivity contribution is 5.77. The van der Waals surface area contributed by atoms with Crippen molar-refractivity contribution in [2.75, 3.05) is 18.5 Å². The Morgan fingerprint density at radius 3 is 3.00 bits per heavy atom. The minimum atomic E-state index is -0.940. The van der Waals surface area contributed by atoms with E-state index in [1.54, 1.807) is 12.1 Å². The first-order valence-electron chi connectivity index (χ1n) is 5.49. The summed E-state index contributed by atoms with van der Waals surface area (Å²) in [6.07, 6.45) is 0.708. The molecule has 0 aliphatic carbocycles. The monoisotopic (exact) mass is 239 g/mol. The number of carboxylic acids is 1. The number of benzene rings is 1. The zero-order valence-corrected chi connectivity index (χ0v) is 9.23. The standard InChI is InChI=1S/C12H14FNO3/c13-9-2-1-3-10(6-9)14-11(12(15)16)8-4-5-17-7-8/h1-3,6,8,11,14H,4-5,7H2,(H,15,16). The predicted molar refractivity (Wildman–Crippen MR) is 60.4 cm³/mol. The highest BCUT2D eigenvalue weighted by Crippen LogP contribution is 2.21. The van der Waals surface area contributed by atoms with E-state index >= 15 is 0 Å². The molecule has 1 heterocycles. The van der Waals surface area contributed by atoms with E-state index < -0.39 is 12.0 Å². The molecule has 0 amide bonds. The van der Waals surface area contributed by atoms with Crippen LogP contribution in [0.1, 0.15) is 6.42 Å². The van der Waals surface area contributed by atoms with Gasteiger partial charge in [-0.2, -0.15) is 0 Å². The summed E-state index contributed by atoms with van der Waals surface area (Å²) >= 11 is 0. The molecule has 92 valence electrons. The van der Waals surface area contributed by atoms with Crippen LogP contribution in [0, 0.1) is 11.7 Å². The Bertz CT molecular complexity index is 404. The molecule has 2 unspecified atom stereocenters. The first-order chi connectivity index (χ1) is 8.16. The maximum absolute atomic E-state index is 13.0. The molecule has 1 fully saturated rings. The smallest absolute Gasteiger partial charge is 0.326 e. The van der Waals surface area contributed by atoms with E-state index in [1.807, 2.05) is 0 Å². The van der Waals surface area contributed by atoms with Crippen LogP contribution in [0.15, 0.2) is 24.3 Å². The van der Waals surface area contributed by atoms with Crippen LogP contribution in [0.5, 0.6) is 0 Å². The second-order valence-corrected chi connectivity index (χ2v) is 4.09. The normalized spacial score (nSPS) is 21.1. The zero-order chi connectivity index (χ0) is 12.3. The van der Waals surface area contributed by atoms with E-state index in [0.29, 0.717) is 25.3 Å². The number of hydrogen-bond donors (Lipinski definition) is 2. The third kappa shape index (κ3) is 2.94. The van der Waals surface area contributed by atoms with E-state index in [1.165, 1.54) is 12.1 Å². The van der Waals surface area contributed by atoms with Crippen LogP contribution in [0.3, 0.4) is 0 Å². The Labute approximate surface area is 98.4 Å². The van der Waals surface area contributed by atoms with Crippen LogP contribution in [-0.2, 0) is 9.53 Å². The summed E-state index contributed by atoms with van der Waals surface area (Å²) in [5.74, 6) is -1.40. The lowest BCUT2D eigenvalue weighted by molar-refractivity contribution is -0.139. The molecular formula is C12H14FNO3. The van der Waals surface area contributed by atoms with Gasteiger partial charge < -0.3 is 15.2 Å². The predicted octanol–water partition coefficient (Wildman–Crippen LogP) is 1.73. The van der Waals surface area contributed by atoms with Crippen LogP contribution in [0.25, 0.3) is 0 Å². The summed E-state index contributed by atoms with van der Waals surface area (Å²) in [7, 11) is 0. The Morgan fingerprint density at radius 1 is 1.59 bits per heavy atom. The molecule has 0 saturated carbocycles. The van der Waals surface area contributed by atoms with Crippen molar-refractivity contribution in [2.24, 2.45) is 5.92 Å². The maximum atomic E-state index is 13.0. The number of ether oxygens (including phenoxy) is 1. The number of carboxylic acid groups (broad SMARTS) is 1. The highest BCUT2D eigenvalue weighted by Gasteiger charge is 2.31. The second kappa shape index (κ2) is 5.14. The van der Waals surface area contributed by atoms with Gasteiger partial charge in [-0.15, -0.1) is 0 Å². The lowest BCUT2D eigenvalue weighted by Crippen LogP contribution is -2.37. The van der Waals surface area contributed by atoms with Crippen molar-refractivity contribution >= 4 is 11.7 Å². The quantitative estimate of drug-likeness (QED) is 0.840. The van der Waals surface area contributed by atoms with Crippen molar-refractivity contribution in [2.45, 2.75) is 12.5 Å². The fourth-order valence-electron chi connectivity index (χ4n) is 1.95. The second-order valence-electron chi connectivity index (χ2n) is 4.09. The van der Waals surface area contributed by atoms with Crippen molar-refractivity contribution in [3.05, 3.63) is 30.1 Å². The molecule has 1 aliphatic heterocycles. The van der Waals surface area contributed by atoms with E-state index in [4.69, 9.17) is 9.84 Å². The number of nitrogens with one attached hydrogen (secondary N) is 1. The van der Waals surface area contributed by atoms with Crippen molar-refractivity contribution in [3.8, 4) is 0 Å². The van der Waals surface area contributed by atoms with E-state index in [-0.39, 0.29) is 11.7 Å². The summed E-state index contributed by atoms with van der Waals surface area (Å²) in [5, 5.41) is 12.0. The number of rotatable bonds is 4. The van der Waals surface area contributed by atoms with Crippen molar-refractivity contribution in [1.29, 1.82) is 0 Å². The third-order valence-electron chi connectivity index (χ3n) is 2.85. The Balaban J connectivity index is 2.09. The number of aliphatic carboxylic acids is 1.